The van der Waals surface area contributed by atoms with Crippen molar-refractivity contribution in [3.63, 3.8) is 0 Å². The van der Waals surface area contributed by atoms with E-state index >= 15 is 0 Å². The van der Waals surface area contributed by atoms with Gasteiger partial charge in [-0.1, -0.05) is 17.7 Å². The molecule has 1 amide bonds. The van der Waals surface area contributed by atoms with Crippen LogP contribution in [0.15, 0.2) is 24.3 Å². The topological polar surface area (TPSA) is 55.4 Å². The highest BCUT2D eigenvalue weighted by atomic mass is 16.6. The van der Waals surface area contributed by atoms with Crippen molar-refractivity contribution in [2.45, 2.75) is 39.2 Å². The zero-order valence-electron chi connectivity index (χ0n) is 11.5. The first-order valence-corrected chi connectivity index (χ1v) is 6.45. The first-order chi connectivity index (χ1) is 8.85. The van der Waals surface area contributed by atoms with E-state index in [1.165, 1.54) is 0 Å². The van der Waals surface area contributed by atoms with Crippen molar-refractivity contribution in [2.75, 3.05) is 5.32 Å². The number of benzene rings is 1. The van der Waals surface area contributed by atoms with Crippen LogP contribution in [0.1, 0.15) is 32.3 Å². The molecule has 2 rings (SSSR count). The summed E-state index contributed by atoms with van der Waals surface area (Å²) < 4.78 is 5.21. The maximum atomic E-state index is 11.9. The molecule has 1 fully saturated rings. The van der Waals surface area contributed by atoms with Gasteiger partial charge in [0.15, 0.2) is 0 Å². The van der Waals surface area contributed by atoms with Gasteiger partial charge in [-0.2, -0.15) is 0 Å². The molecule has 0 bridgehead atoms. The summed E-state index contributed by atoms with van der Waals surface area (Å²) in [5.74, 6) is -0.756. The van der Waals surface area contributed by atoms with Gasteiger partial charge in [0.25, 0.3) is 0 Å². The summed E-state index contributed by atoms with van der Waals surface area (Å²) in [5.41, 5.74) is 1.44. The van der Waals surface area contributed by atoms with Crippen LogP contribution in [0.3, 0.4) is 0 Å². The van der Waals surface area contributed by atoms with Gasteiger partial charge in [0, 0.05) is 18.5 Å². The molecule has 1 saturated heterocycles. The molecule has 1 N–H and O–H groups in total. The van der Waals surface area contributed by atoms with Crippen molar-refractivity contribution < 1.29 is 14.3 Å². The Balaban J connectivity index is 1.91. The fraction of sp³-hybridized carbons (Fsp3) is 0.467. The van der Waals surface area contributed by atoms with E-state index in [2.05, 4.69) is 5.32 Å². The Morgan fingerprint density at radius 2 is 2.00 bits per heavy atom. The molecule has 1 aliphatic rings. The Kier molecular flexibility index (Phi) is 3.60. The summed E-state index contributed by atoms with van der Waals surface area (Å²) in [4.78, 5) is 23.5. The van der Waals surface area contributed by atoms with E-state index < -0.39 is 5.60 Å². The summed E-state index contributed by atoms with van der Waals surface area (Å²) in [7, 11) is 0. The molecule has 4 nitrogen and oxygen atoms in total. The van der Waals surface area contributed by atoms with Gasteiger partial charge < -0.3 is 10.1 Å². The number of ether oxygens (including phenoxy) is 1. The third-order valence-electron chi connectivity index (χ3n) is 3.22. The second kappa shape index (κ2) is 5.03. The molecule has 19 heavy (non-hydrogen) atoms. The summed E-state index contributed by atoms with van der Waals surface area (Å²) >= 11 is 0. The summed E-state index contributed by atoms with van der Waals surface area (Å²) in [5, 5.41) is 2.80. The summed E-state index contributed by atoms with van der Waals surface area (Å²) in [6, 6.07) is 7.57. The van der Waals surface area contributed by atoms with E-state index in [1.54, 1.807) is 0 Å². The standard InChI is InChI=1S/C15H19NO3/c1-10-4-6-12(7-5-10)16-13(17)8-11-9-15(2,3)19-14(11)18/h4-7,11H,8-9H2,1-3H3,(H,16,17). The van der Waals surface area contributed by atoms with E-state index in [1.807, 2.05) is 45.0 Å². The van der Waals surface area contributed by atoms with E-state index in [9.17, 15) is 9.59 Å². The van der Waals surface area contributed by atoms with Crippen LogP contribution in [0.4, 0.5) is 5.69 Å². The predicted molar refractivity (Wildman–Crippen MR) is 72.7 cm³/mol. The SMILES string of the molecule is Cc1ccc(NC(=O)CC2CC(C)(C)OC2=O)cc1. The van der Waals surface area contributed by atoms with Crippen molar-refractivity contribution in [2.24, 2.45) is 5.92 Å². The van der Waals surface area contributed by atoms with Gasteiger partial charge in [0.2, 0.25) is 5.91 Å². The molecule has 0 saturated carbocycles. The Labute approximate surface area is 113 Å². The molecule has 0 aliphatic carbocycles. The Morgan fingerprint density at radius 1 is 1.37 bits per heavy atom. The number of carbonyl (C=O) groups is 2. The van der Waals surface area contributed by atoms with E-state index in [0.29, 0.717) is 6.42 Å². The van der Waals surface area contributed by atoms with Crippen LogP contribution in [0.2, 0.25) is 0 Å². The van der Waals surface area contributed by atoms with Crippen LogP contribution in [0, 0.1) is 12.8 Å². The number of hydrogen-bond donors (Lipinski definition) is 1. The van der Waals surface area contributed by atoms with Crippen LogP contribution in [-0.4, -0.2) is 17.5 Å². The second-order valence-electron chi connectivity index (χ2n) is 5.70. The maximum Gasteiger partial charge on any atom is 0.310 e. The number of aryl methyl sites for hydroxylation is 1. The number of carbonyl (C=O) groups excluding carboxylic acids is 2. The second-order valence-corrected chi connectivity index (χ2v) is 5.70. The first kappa shape index (κ1) is 13.6. The molecule has 4 heteroatoms. The van der Waals surface area contributed by atoms with Gasteiger partial charge in [-0.15, -0.1) is 0 Å². The molecule has 1 atom stereocenters. The number of cyclic esters (lactones) is 1. The van der Waals surface area contributed by atoms with Gasteiger partial charge in [0.05, 0.1) is 5.92 Å². The number of amides is 1. The van der Waals surface area contributed by atoms with Crippen molar-refractivity contribution in [1.82, 2.24) is 0 Å². The van der Waals surface area contributed by atoms with Crippen LogP contribution >= 0.6 is 0 Å². The average molecular weight is 261 g/mol. The minimum Gasteiger partial charge on any atom is -0.459 e. The van der Waals surface area contributed by atoms with Gasteiger partial charge >= 0.3 is 5.97 Å². The molecule has 102 valence electrons. The first-order valence-electron chi connectivity index (χ1n) is 6.45. The monoisotopic (exact) mass is 261 g/mol. The quantitative estimate of drug-likeness (QED) is 0.851. The molecule has 0 spiro atoms. The molecule has 1 aromatic carbocycles. The minimum atomic E-state index is -0.452. The van der Waals surface area contributed by atoms with Crippen LogP contribution in [-0.2, 0) is 14.3 Å². The average Bonchev–Trinajstić information content (AvgIpc) is 2.55. The van der Waals surface area contributed by atoms with Gasteiger partial charge in [-0.05, 0) is 32.9 Å². The number of rotatable bonds is 3. The molecule has 1 aliphatic heterocycles. The van der Waals surface area contributed by atoms with E-state index in [-0.39, 0.29) is 24.2 Å². The maximum absolute atomic E-state index is 11.9. The number of nitrogens with one attached hydrogen (secondary N) is 1. The van der Waals surface area contributed by atoms with Gasteiger partial charge in [-0.25, -0.2) is 0 Å². The molecular weight excluding hydrogens is 242 g/mol. The zero-order valence-corrected chi connectivity index (χ0v) is 11.5. The molecule has 1 heterocycles. The highest BCUT2D eigenvalue weighted by molar-refractivity contribution is 5.93. The van der Waals surface area contributed by atoms with Crippen molar-refractivity contribution in [3.8, 4) is 0 Å². The number of anilines is 1. The fourth-order valence-corrected chi connectivity index (χ4v) is 2.30. The van der Waals surface area contributed by atoms with Crippen molar-refractivity contribution in [1.29, 1.82) is 0 Å². The third-order valence-corrected chi connectivity index (χ3v) is 3.22. The number of hydrogen-bond acceptors (Lipinski definition) is 3. The Morgan fingerprint density at radius 3 is 2.53 bits per heavy atom. The predicted octanol–water partition coefficient (Wildman–Crippen LogP) is 2.67. The van der Waals surface area contributed by atoms with E-state index in [0.717, 1.165) is 11.3 Å². The highest BCUT2D eigenvalue weighted by Crippen LogP contribution is 2.32. The lowest BCUT2D eigenvalue weighted by molar-refractivity contribution is -0.149. The lowest BCUT2D eigenvalue weighted by Crippen LogP contribution is -2.19. The Hall–Kier alpha value is -1.84. The molecular formula is C15H19NO3. The van der Waals surface area contributed by atoms with Crippen LogP contribution in [0.25, 0.3) is 0 Å². The molecule has 1 unspecified atom stereocenters. The minimum absolute atomic E-state index is 0.150. The smallest absolute Gasteiger partial charge is 0.310 e. The summed E-state index contributed by atoms with van der Waals surface area (Å²) in [6.45, 7) is 5.72. The largest absolute Gasteiger partial charge is 0.459 e. The normalized spacial score (nSPS) is 21.0. The highest BCUT2D eigenvalue weighted by Gasteiger charge is 2.40. The lowest BCUT2D eigenvalue weighted by atomic mass is 9.94. The third kappa shape index (κ3) is 3.56. The molecule has 0 aromatic heterocycles. The van der Waals surface area contributed by atoms with Crippen LogP contribution in [0.5, 0.6) is 0 Å². The molecule has 0 radical (unpaired) electrons. The van der Waals surface area contributed by atoms with Crippen LogP contribution < -0.4 is 5.32 Å². The molecule has 1 aromatic rings. The van der Waals surface area contributed by atoms with Gasteiger partial charge in [-0.3, -0.25) is 9.59 Å². The van der Waals surface area contributed by atoms with Crippen molar-refractivity contribution in [3.05, 3.63) is 29.8 Å². The van der Waals surface area contributed by atoms with Gasteiger partial charge in [0.1, 0.15) is 5.60 Å². The Bertz CT molecular complexity index is 491. The zero-order chi connectivity index (χ0) is 14.0. The lowest BCUT2D eigenvalue weighted by Gasteiger charge is -2.14. The van der Waals surface area contributed by atoms with Crippen molar-refractivity contribution >= 4 is 17.6 Å². The number of esters is 1. The summed E-state index contributed by atoms with van der Waals surface area (Å²) in [6.07, 6.45) is 0.767. The van der Waals surface area contributed by atoms with E-state index in [4.69, 9.17) is 4.74 Å². The fourth-order valence-electron chi connectivity index (χ4n) is 2.30.